The molecular formula is C27H31N3. The summed E-state index contributed by atoms with van der Waals surface area (Å²) >= 11 is 0. The van der Waals surface area contributed by atoms with Crippen LogP contribution < -0.4 is 10.6 Å². The predicted octanol–water partition coefficient (Wildman–Crippen LogP) is 6.24. The molecular weight excluding hydrogens is 366 g/mol. The largest absolute Gasteiger partial charge is 0.381 e. The van der Waals surface area contributed by atoms with Gasteiger partial charge in [-0.05, 0) is 73.0 Å². The van der Waals surface area contributed by atoms with E-state index < -0.39 is 0 Å². The quantitative estimate of drug-likeness (QED) is 0.552. The molecule has 2 N–H and O–H groups in total. The summed E-state index contributed by atoms with van der Waals surface area (Å²) in [4.78, 5) is 2.17. The molecule has 2 aromatic rings. The van der Waals surface area contributed by atoms with Gasteiger partial charge in [-0.1, -0.05) is 50.1 Å². The van der Waals surface area contributed by atoms with Gasteiger partial charge >= 0.3 is 0 Å². The minimum Gasteiger partial charge on any atom is -0.381 e. The molecule has 0 bridgehead atoms. The topological polar surface area (TPSA) is 27.3 Å². The normalized spacial score (nSPS) is 13.1. The van der Waals surface area contributed by atoms with Crippen molar-refractivity contribution in [2.45, 2.75) is 33.9 Å². The summed E-state index contributed by atoms with van der Waals surface area (Å²) in [5.41, 5.74) is 10.2. The van der Waals surface area contributed by atoms with Crippen LogP contribution in [0.15, 0.2) is 97.7 Å². The molecule has 0 amide bonds. The number of anilines is 1. The monoisotopic (exact) mass is 397 g/mol. The Labute approximate surface area is 180 Å². The molecule has 0 unspecified atom stereocenters. The zero-order chi connectivity index (χ0) is 21.7. The fraction of sp³-hybridized carbons (Fsp3) is 0.185. The molecule has 154 valence electrons. The second-order valence-electron chi connectivity index (χ2n) is 7.74. The molecule has 0 fully saturated rings. The van der Waals surface area contributed by atoms with Gasteiger partial charge in [0, 0.05) is 41.9 Å². The Morgan fingerprint density at radius 1 is 1.00 bits per heavy atom. The lowest BCUT2D eigenvalue weighted by Gasteiger charge is -2.29. The first-order valence-electron chi connectivity index (χ1n) is 10.2. The predicted molar refractivity (Wildman–Crippen MR) is 129 cm³/mol. The highest BCUT2D eigenvalue weighted by Crippen LogP contribution is 2.26. The van der Waals surface area contributed by atoms with Gasteiger partial charge in [-0.2, -0.15) is 0 Å². The lowest BCUT2D eigenvalue weighted by Crippen LogP contribution is -2.23. The van der Waals surface area contributed by atoms with Crippen LogP contribution in [0.1, 0.15) is 27.8 Å². The van der Waals surface area contributed by atoms with Gasteiger partial charge in [0.2, 0.25) is 0 Å². The number of hydrogen-bond acceptors (Lipinski definition) is 3. The highest BCUT2D eigenvalue weighted by molar-refractivity contribution is 5.54. The molecule has 0 aromatic heterocycles. The van der Waals surface area contributed by atoms with Crippen molar-refractivity contribution >= 4 is 5.69 Å². The van der Waals surface area contributed by atoms with E-state index in [2.05, 4.69) is 111 Å². The van der Waals surface area contributed by atoms with Crippen molar-refractivity contribution < 1.29 is 0 Å². The number of nitrogens with one attached hydrogen (secondary N) is 2. The van der Waals surface area contributed by atoms with E-state index in [1.807, 2.05) is 0 Å². The van der Waals surface area contributed by atoms with Gasteiger partial charge in [-0.15, -0.1) is 0 Å². The van der Waals surface area contributed by atoms with Crippen molar-refractivity contribution in [3.8, 4) is 0 Å². The summed E-state index contributed by atoms with van der Waals surface area (Å²) in [6, 6.07) is 13.0. The average molecular weight is 398 g/mol. The highest BCUT2D eigenvalue weighted by Gasteiger charge is 2.16. The summed E-state index contributed by atoms with van der Waals surface area (Å²) in [5.74, 6) is 0. The molecule has 1 aliphatic heterocycles. The van der Waals surface area contributed by atoms with E-state index >= 15 is 0 Å². The van der Waals surface area contributed by atoms with Crippen LogP contribution in [0.3, 0.4) is 0 Å². The Morgan fingerprint density at radius 3 is 2.47 bits per heavy atom. The molecule has 0 radical (unpaired) electrons. The molecule has 2 aromatic carbocycles. The lowest BCUT2D eigenvalue weighted by atomic mass is 10.0. The summed E-state index contributed by atoms with van der Waals surface area (Å²) in [7, 11) is 0. The molecule has 0 spiro atoms. The van der Waals surface area contributed by atoms with E-state index in [1.165, 1.54) is 27.8 Å². The first kappa shape index (κ1) is 21.3. The molecule has 3 heteroatoms. The minimum atomic E-state index is 0.691. The fourth-order valence-electron chi connectivity index (χ4n) is 3.45. The van der Waals surface area contributed by atoms with Crippen LogP contribution in [0.25, 0.3) is 0 Å². The van der Waals surface area contributed by atoms with Crippen LogP contribution >= 0.6 is 0 Å². The van der Waals surface area contributed by atoms with Gasteiger partial charge in [0.1, 0.15) is 0 Å². The van der Waals surface area contributed by atoms with E-state index in [-0.39, 0.29) is 0 Å². The Morgan fingerprint density at radius 2 is 1.73 bits per heavy atom. The number of nitrogens with zero attached hydrogens (tertiary/aromatic N) is 1. The molecule has 1 aliphatic rings. The zero-order valence-electron chi connectivity index (χ0n) is 18.3. The number of rotatable bonds is 8. The maximum absolute atomic E-state index is 4.32. The smallest absolute Gasteiger partial charge is 0.0476 e. The van der Waals surface area contributed by atoms with Crippen molar-refractivity contribution in [1.82, 2.24) is 10.2 Å². The molecule has 0 saturated carbocycles. The number of hydrogen-bond donors (Lipinski definition) is 2. The minimum absolute atomic E-state index is 0.691. The van der Waals surface area contributed by atoms with Crippen molar-refractivity contribution in [2.75, 3.05) is 5.32 Å². The average Bonchev–Trinajstić information content (AvgIpc) is 2.73. The third kappa shape index (κ3) is 4.93. The maximum atomic E-state index is 4.32. The Bertz CT molecular complexity index is 1040. The summed E-state index contributed by atoms with van der Waals surface area (Å²) in [6.45, 7) is 20.2. The molecule has 3 rings (SSSR count). The van der Waals surface area contributed by atoms with Crippen molar-refractivity contribution in [1.29, 1.82) is 0 Å². The van der Waals surface area contributed by atoms with Gasteiger partial charge < -0.3 is 15.5 Å². The Kier molecular flexibility index (Phi) is 6.63. The number of aryl methyl sites for hydroxylation is 3. The summed E-state index contributed by atoms with van der Waals surface area (Å²) in [5, 5.41) is 6.63. The van der Waals surface area contributed by atoms with Gasteiger partial charge in [-0.25, -0.2) is 0 Å². The van der Waals surface area contributed by atoms with E-state index in [0.717, 1.165) is 29.2 Å². The third-order valence-corrected chi connectivity index (χ3v) is 5.50. The first-order valence-corrected chi connectivity index (χ1v) is 10.2. The molecule has 0 aliphatic carbocycles. The molecule has 30 heavy (non-hydrogen) atoms. The van der Waals surface area contributed by atoms with Crippen LogP contribution in [-0.2, 0) is 13.1 Å². The molecule has 0 saturated heterocycles. The van der Waals surface area contributed by atoms with Gasteiger partial charge in [0.15, 0.2) is 0 Å². The first-order chi connectivity index (χ1) is 14.4. The van der Waals surface area contributed by atoms with Crippen molar-refractivity contribution in [2.24, 2.45) is 0 Å². The van der Waals surface area contributed by atoms with Crippen LogP contribution in [0.2, 0.25) is 0 Å². The fourth-order valence-corrected chi connectivity index (χ4v) is 3.45. The SMILES string of the molecule is C=CNc1cc(CNC(=C)C2=CC=CN(Cc3ccc(C)c(C)c3)C2=C)ccc1C. The number of allylic oxidation sites excluding steroid dienone is 2. The van der Waals surface area contributed by atoms with E-state index in [4.69, 9.17) is 0 Å². The van der Waals surface area contributed by atoms with Crippen molar-refractivity contribution in [3.05, 3.63) is 125 Å². The van der Waals surface area contributed by atoms with Crippen LogP contribution in [0.5, 0.6) is 0 Å². The van der Waals surface area contributed by atoms with E-state index in [1.54, 1.807) is 6.20 Å². The standard InChI is InChI=1S/C27H31N3/c1-7-28-27-16-24(12-11-20(27)3)17-29-22(5)26-9-8-14-30(23(26)6)18-25-13-10-19(2)21(4)15-25/h7-16,28-29H,1,5-6,17-18H2,2-4H3. The zero-order valence-corrected chi connectivity index (χ0v) is 18.3. The Balaban J connectivity index is 1.64. The second-order valence-corrected chi connectivity index (χ2v) is 7.74. The van der Waals surface area contributed by atoms with Crippen LogP contribution in [0, 0.1) is 20.8 Å². The van der Waals surface area contributed by atoms with Gasteiger partial charge in [-0.3, -0.25) is 0 Å². The maximum Gasteiger partial charge on any atom is 0.0476 e. The number of benzene rings is 2. The van der Waals surface area contributed by atoms with Crippen LogP contribution in [-0.4, -0.2) is 4.90 Å². The molecule has 0 atom stereocenters. The van der Waals surface area contributed by atoms with Crippen LogP contribution in [0.4, 0.5) is 5.69 Å². The second kappa shape index (κ2) is 9.36. The summed E-state index contributed by atoms with van der Waals surface area (Å²) < 4.78 is 0. The van der Waals surface area contributed by atoms with E-state index in [0.29, 0.717) is 6.54 Å². The molecule has 1 heterocycles. The Hall–Kier alpha value is -3.46. The van der Waals surface area contributed by atoms with Gasteiger partial charge in [0.05, 0.1) is 0 Å². The highest BCUT2D eigenvalue weighted by atomic mass is 15.1. The summed E-state index contributed by atoms with van der Waals surface area (Å²) in [6.07, 6.45) is 7.89. The third-order valence-electron chi connectivity index (χ3n) is 5.50. The lowest BCUT2D eigenvalue weighted by molar-refractivity contribution is 0.464. The van der Waals surface area contributed by atoms with Gasteiger partial charge in [0.25, 0.3) is 0 Å². The van der Waals surface area contributed by atoms with Crippen molar-refractivity contribution in [3.63, 3.8) is 0 Å². The van der Waals surface area contributed by atoms with E-state index in [9.17, 15) is 0 Å². The molecule has 3 nitrogen and oxygen atoms in total.